The molecule has 1 aliphatic heterocycles. The zero-order chi connectivity index (χ0) is 12.4. The summed E-state index contributed by atoms with van der Waals surface area (Å²) < 4.78 is 18.5. The second-order valence-electron chi connectivity index (χ2n) is 4.47. The van der Waals surface area contributed by atoms with Crippen LogP contribution in [-0.4, -0.2) is 41.7 Å². The molecule has 1 atom stereocenters. The first kappa shape index (κ1) is 12.2. The average Bonchev–Trinajstić information content (AvgIpc) is 2.77. The van der Waals surface area contributed by atoms with Gasteiger partial charge in [-0.15, -0.1) is 0 Å². The van der Waals surface area contributed by atoms with Crippen molar-refractivity contribution in [3.05, 3.63) is 17.3 Å². The van der Waals surface area contributed by atoms with Gasteiger partial charge in [-0.05, 0) is 26.5 Å². The third-order valence-corrected chi connectivity index (χ3v) is 2.88. The standard InChI is InChI=1S/C11H17FN4O/c1-7(2)9(12)11-14-10(15-17-11)8-6-13-4-5-16(8)3/h8,13H,4-6H2,1-3H3. The molecule has 2 heterocycles. The molecule has 6 heteroatoms. The number of aromatic nitrogens is 2. The highest BCUT2D eigenvalue weighted by molar-refractivity contribution is 5.53. The molecule has 0 aliphatic carbocycles. The Morgan fingerprint density at radius 1 is 1.53 bits per heavy atom. The van der Waals surface area contributed by atoms with Crippen LogP contribution in [0, 0.1) is 0 Å². The fourth-order valence-electron chi connectivity index (χ4n) is 1.77. The van der Waals surface area contributed by atoms with E-state index in [1.165, 1.54) is 0 Å². The van der Waals surface area contributed by atoms with E-state index in [1.807, 2.05) is 7.05 Å². The summed E-state index contributed by atoms with van der Waals surface area (Å²) in [5.74, 6) is 0.0697. The van der Waals surface area contributed by atoms with E-state index in [2.05, 4.69) is 20.4 Å². The normalized spacial score (nSPS) is 21.5. The highest BCUT2D eigenvalue weighted by Crippen LogP contribution is 2.22. The maximum absolute atomic E-state index is 13.6. The quantitative estimate of drug-likeness (QED) is 0.846. The van der Waals surface area contributed by atoms with Crippen LogP contribution in [0.15, 0.2) is 10.1 Å². The molecule has 1 aromatic heterocycles. The Kier molecular flexibility index (Phi) is 3.54. The van der Waals surface area contributed by atoms with Crippen molar-refractivity contribution in [2.45, 2.75) is 19.9 Å². The van der Waals surface area contributed by atoms with Gasteiger partial charge in [0.15, 0.2) is 11.7 Å². The molecule has 0 amide bonds. The lowest BCUT2D eigenvalue weighted by molar-refractivity contribution is 0.190. The highest BCUT2D eigenvalue weighted by atomic mass is 19.1. The fraction of sp³-hybridized carbons (Fsp3) is 0.636. The number of nitrogens with zero attached hydrogens (tertiary/aromatic N) is 3. The van der Waals surface area contributed by atoms with Crippen molar-refractivity contribution < 1.29 is 8.91 Å². The number of hydrogen-bond acceptors (Lipinski definition) is 5. The Morgan fingerprint density at radius 3 is 2.94 bits per heavy atom. The van der Waals surface area contributed by atoms with Gasteiger partial charge in [0.1, 0.15) is 0 Å². The molecule has 1 N–H and O–H groups in total. The summed E-state index contributed by atoms with van der Waals surface area (Å²) in [6.07, 6.45) is 0. The Balaban J connectivity index is 2.20. The summed E-state index contributed by atoms with van der Waals surface area (Å²) in [7, 11) is 2.00. The van der Waals surface area contributed by atoms with Crippen LogP contribution in [0.25, 0.3) is 5.83 Å². The molecule has 0 radical (unpaired) electrons. The topological polar surface area (TPSA) is 54.2 Å². The number of nitrogens with one attached hydrogen (secondary N) is 1. The number of piperazine rings is 1. The second kappa shape index (κ2) is 4.93. The van der Waals surface area contributed by atoms with Gasteiger partial charge in [-0.2, -0.15) is 4.98 Å². The first-order chi connectivity index (χ1) is 8.09. The molecular formula is C11H17FN4O. The van der Waals surface area contributed by atoms with Crippen LogP contribution >= 0.6 is 0 Å². The Hall–Kier alpha value is -1.27. The van der Waals surface area contributed by atoms with Crippen molar-refractivity contribution in [3.8, 4) is 0 Å². The summed E-state index contributed by atoms with van der Waals surface area (Å²) in [6, 6.07) is 0.0474. The molecule has 1 aromatic rings. The number of rotatable bonds is 2. The Labute approximate surface area is 99.7 Å². The molecule has 1 aliphatic rings. The van der Waals surface area contributed by atoms with Crippen LogP contribution < -0.4 is 5.32 Å². The molecule has 1 saturated heterocycles. The van der Waals surface area contributed by atoms with Crippen molar-refractivity contribution in [1.29, 1.82) is 0 Å². The van der Waals surface area contributed by atoms with E-state index in [4.69, 9.17) is 4.52 Å². The van der Waals surface area contributed by atoms with E-state index in [0.29, 0.717) is 11.4 Å². The molecule has 0 aromatic carbocycles. The molecule has 5 nitrogen and oxygen atoms in total. The van der Waals surface area contributed by atoms with Crippen LogP contribution in [0.1, 0.15) is 31.6 Å². The largest absolute Gasteiger partial charge is 0.331 e. The SMILES string of the molecule is CC(C)=C(F)c1nc(C2CNCCN2C)no1. The van der Waals surface area contributed by atoms with Gasteiger partial charge >= 0.3 is 0 Å². The third kappa shape index (κ3) is 2.53. The molecule has 1 unspecified atom stereocenters. The van der Waals surface area contributed by atoms with Gasteiger partial charge in [0, 0.05) is 19.6 Å². The summed E-state index contributed by atoms with van der Waals surface area (Å²) in [6.45, 7) is 5.96. The molecule has 0 bridgehead atoms. The lowest BCUT2D eigenvalue weighted by Gasteiger charge is -2.30. The second-order valence-corrected chi connectivity index (χ2v) is 4.47. The van der Waals surface area contributed by atoms with E-state index in [9.17, 15) is 4.39 Å². The van der Waals surface area contributed by atoms with Gasteiger partial charge in [0.05, 0.1) is 6.04 Å². The predicted molar refractivity (Wildman–Crippen MR) is 61.9 cm³/mol. The summed E-state index contributed by atoms with van der Waals surface area (Å²) in [4.78, 5) is 6.24. The molecular weight excluding hydrogens is 223 g/mol. The number of halogens is 1. The summed E-state index contributed by atoms with van der Waals surface area (Å²) in [5.41, 5.74) is 0.537. The minimum atomic E-state index is -0.435. The minimum absolute atomic E-state index is 0.0287. The summed E-state index contributed by atoms with van der Waals surface area (Å²) >= 11 is 0. The fourth-order valence-corrected chi connectivity index (χ4v) is 1.77. The van der Waals surface area contributed by atoms with Gasteiger partial charge in [0.25, 0.3) is 5.89 Å². The zero-order valence-corrected chi connectivity index (χ0v) is 10.3. The zero-order valence-electron chi connectivity index (χ0n) is 10.3. The van der Waals surface area contributed by atoms with E-state index in [1.54, 1.807) is 13.8 Å². The third-order valence-electron chi connectivity index (χ3n) is 2.88. The van der Waals surface area contributed by atoms with E-state index >= 15 is 0 Å². The monoisotopic (exact) mass is 240 g/mol. The van der Waals surface area contributed by atoms with Gasteiger partial charge in [-0.1, -0.05) is 5.16 Å². The molecule has 94 valence electrons. The van der Waals surface area contributed by atoms with Gasteiger partial charge in [-0.25, -0.2) is 4.39 Å². The number of hydrogen-bond donors (Lipinski definition) is 1. The smallest absolute Gasteiger partial charge is 0.286 e. The van der Waals surface area contributed by atoms with Crippen LogP contribution in [0.4, 0.5) is 4.39 Å². The lowest BCUT2D eigenvalue weighted by Crippen LogP contribution is -2.44. The molecule has 0 saturated carbocycles. The van der Waals surface area contributed by atoms with Gasteiger partial charge < -0.3 is 9.84 Å². The van der Waals surface area contributed by atoms with Crippen molar-refractivity contribution >= 4 is 5.83 Å². The number of allylic oxidation sites excluding steroid dienone is 1. The van der Waals surface area contributed by atoms with E-state index < -0.39 is 5.83 Å². The van der Waals surface area contributed by atoms with Gasteiger partial charge in [-0.3, -0.25) is 4.90 Å². The van der Waals surface area contributed by atoms with E-state index in [-0.39, 0.29) is 11.9 Å². The molecule has 2 rings (SSSR count). The van der Waals surface area contributed by atoms with Crippen LogP contribution in [-0.2, 0) is 0 Å². The predicted octanol–water partition coefficient (Wildman–Crippen LogP) is 1.37. The Morgan fingerprint density at radius 2 is 2.29 bits per heavy atom. The first-order valence-electron chi connectivity index (χ1n) is 5.67. The maximum atomic E-state index is 13.6. The molecule has 0 spiro atoms. The Bertz CT molecular complexity index is 425. The van der Waals surface area contributed by atoms with Crippen molar-refractivity contribution in [2.24, 2.45) is 0 Å². The van der Waals surface area contributed by atoms with Crippen LogP contribution in [0.5, 0.6) is 0 Å². The molecule has 17 heavy (non-hydrogen) atoms. The van der Waals surface area contributed by atoms with Crippen LogP contribution in [0.3, 0.4) is 0 Å². The van der Waals surface area contributed by atoms with E-state index in [0.717, 1.165) is 19.6 Å². The molecule has 1 fully saturated rings. The average molecular weight is 240 g/mol. The maximum Gasteiger partial charge on any atom is 0.286 e. The highest BCUT2D eigenvalue weighted by Gasteiger charge is 2.26. The first-order valence-corrected chi connectivity index (χ1v) is 5.67. The lowest BCUT2D eigenvalue weighted by atomic mass is 10.2. The summed E-state index contributed by atoms with van der Waals surface area (Å²) in [5, 5.41) is 7.11. The van der Waals surface area contributed by atoms with Crippen molar-refractivity contribution in [1.82, 2.24) is 20.4 Å². The van der Waals surface area contributed by atoms with Gasteiger partial charge in [0.2, 0.25) is 0 Å². The minimum Gasteiger partial charge on any atom is -0.331 e. The van der Waals surface area contributed by atoms with Crippen LogP contribution in [0.2, 0.25) is 0 Å². The van der Waals surface area contributed by atoms with Crippen molar-refractivity contribution in [2.75, 3.05) is 26.7 Å². The number of likely N-dealkylation sites (N-methyl/N-ethyl adjacent to an activating group) is 1. The van der Waals surface area contributed by atoms with Crippen molar-refractivity contribution in [3.63, 3.8) is 0 Å².